The number of thiocarbonyl (C=S) groups is 1. The summed E-state index contributed by atoms with van der Waals surface area (Å²) in [4.78, 5) is 2.71. The Labute approximate surface area is 188 Å². The number of aryl methyl sites for hydroxylation is 1. The summed E-state index contributed by atoms with van der Waals surface area (Å²) in [7, 11) is -0.251. The van der Waals surface area contributed by atoms with Gasteiger partial charge in [0.25, 0.3) is 0 Å². The Kier molecular flexibility index (Phi) is 6.20. The van der Waals surface area contributed by atoms with Crippen LogP contribution in [0, 0.1) is 0 Å². The highest BCUT2D eigenvalue weighted by Crippen LogP contribution is 2.38. The first-order valence-corrected chi connectivity index (χ1v) is 12.0. The molecule has 0 bridgehead atoms. The molecule has 2 aliphatic heterocycles. The molecule has 0 spiro atoms. The average molecular weight is 465 g/mol. The molecule has 31 heavy (non-hydrogen) atoms. The highest BCUT2D eigenvalue weighted by atomic mass is 32.2. The maximum Gasteiger partial charge on any atom is 0.243 e. The van der Waals surface area contributed by atoms with Gasteiger partial charge in [-0.05, 0) is 24.6 Å². The molecule has 4 rings (SSSR count). The first kappa shape index (κ1) is 22.0. The van der Waals surface area contributed by atoms with Crippen LogP contribution >= 0.6 is 12.2 Å². The number of aromatic nitrogens is 2. The minimum Gasteiger partial charge on any atom is -0.496 e. The van der Waals surface area contributed by atoms with Gasteiger partial charge in [0.2, 0.25) is 10.0 Å². The fourth-order valence-electron chi connectivity index (χ4n) is 3.94. The van der Waals surface area contributed by atoms with E-state index >= 15 is 0 Å². The van der Waals surface area contributed by atoms with Gasteiger partial charge in [-0.2, -0.15) is 9.40 Å². The van der Waals surface area contributed by atoms with Gasteiger partial charge in [-0.15, -0.1) is 0 Å². The van der Waals surface area contributed by atoms with Gasteiger partial charge in [0, 0.05) is 38.4 Å². The lowest BCUT2D eigenvalue weighted by atomic mass is 10.1. The second-order valence-electron chi connectivity index (χ2n) is 7.46. The molecule has 1 unspecified atom stereocenters. The zero-order valence-electron chi connectivity index (χ0n) is 17.8. The second-order valence-corrected chi connectivity index (χ2v) is 9.78. The molecule has 1 saturated heterocycles. The van der Waals surface area contributed by atoms with Crippen molar-refractivity contribution in [3.8, 4) is 5.75 Å². The Morgan fingerprint density at radius 2 is 2.03 bits per heavy atom. The van der Waals surface area contributed by atoms with Gasteiger partial charge in [-0.25, -0.2) is 13.7 Å². The van der Waals surface area contributed by atoms with Crippen LogP contribution in [0.15, 0.2) is 29.3 Å². The van der Waals surface area contributed by atoms with E-state index in [9.17, 15) is 8.42 Å². The number of methoxy groups -OCH3 is 1. The summed E-state index contributed by atoms with van der Waals surface area (Å²) in [5.74, 6) is 0.561. The number of anilines is 1. The molecule has 1 aromatic heterocycles. The molecular weight excluding hydrogens is 438 g/mol. The van der Waals surface area contributed by atoms with Gasteiger partial charge < -0.3 is 14.4 Å². The fourth-order valence-corrected chi connectivity index (χ4v) is 5.63. The molecule has 0 amide bonds. The van der Waals surface area contributed by atoms with E-state index in [1.807, 2.05) is 13.2 Å². The lowest BCUT2D eigenvalue weighted by molar-refractivity contribution is 0.0730. The number of nitrogens with zero attached hydrogens (tertiary/aromatic N) is 5. The normalized spacial score (nSPS) is 19.8. The molecule has 9 nitrogen and oxygen atoms in total. The summed E-state index contributed by atoms with van der Waals surface area (Å²) < 4.78 is 40.5. The third-order valence-corrected chi connectivity index (χ3v) is 7.60. The fraction of sp³-hybridized carbons (Fsp3) is 0.500. The summed E-state index contributed by atoms with van der Waals surface area (Å²) in [6.07, 6.45) is 2.29. The lowest BCUT2D eigenvalue weighted by Gasteiger charge is -2.37. The van der Waals surface area contributed by atoms with Gasteiger partial charge >= 0.3 is 0 Å². The molecular formula is C20H26N5O4S2. The summed E-state index contributed by atoms with van der Waals surface area (Å²) >= 11 is 5.53. The van der Waals surface area contributed by atoms with E-state index in [0.29, 0.717) is 54.8 Å². The maximum atomic E-state index is 13.2. The van der Waals surface area contributed by atoms with Crippen molar-refractivity contribution in [2.45, 2.75) is 24.4 Å². The van der Waals surface area contributed by atoms with Crippen LogP contribution in [0.25, 0.3) is 0 Å². The van der Waals surface area contributed by atoms with Gasteiger partial charge in [-0.3, -0.25) is 4.68 Å². The van der Waals surface area contributed by atoms with Gasteiger partial charge in [0.15, 0.2) is 11.2 Å². The van der Waals surface area contributed by atoms with Crippen molar-refractivity contribution in [1.82, 2.24) is 19.4 Å². The highest BCUT2D eigenvalue weighted by Gasteiger charge is 2.36. The largest absolute Gasteiger partial charge is 0.496 e. The second kappa shape index (κ2) is 8.73. The van der Waals surface area contributed by atoms with Crippen LogP contribution in [0.1, 0.15) is 30.8 Å². The average Bonchev–Trinajstić information content (AvgIpc) is 3.18. The molecule has 1 aromatic carbocycles. The predicted molar refractivity (Wildman–Crippen MR) is 120 cm³/mol. The number of hydrogen-bond donors (Lipinski definition) is 0. The SMILES string of the molecule is CCCN1c2cn(C)nc2C(=S)[N]C1c1cc(S(=O)(=O)N2CCOCC2)ccc1OC. The summed E-state index contributed by atoms with van der Waals surface area (Å²) in [5.41, 5.74) is 2.21. The number of fused-ring (bicyclic) bond motifs is 1. The van der Waals surface area contributed by atoms with Crippen LogP contribution in [0.2, 0.25) is 0 Å². The van der Waals surface area contributed by atoms with Crippen molar-refractivity contribution in [3.63, 3.8) is 0 Å². The predicted octanol–water partition coefficient (Wildman–Crippen LogP) is 1.66. The molecule has 1 atom stereocenters. The zero-order chi connectivity index (χ0) is 22.2. The molecule has 0 N–H and O–H groups in total. The monoisotopic (exact) mass is 464 g/mol. The van der Waals surface area contributed by atoms with Gasteiger partial charge in [0.05, 0.1) is 30.9 Å². The van der Waals surface area contributed by atoms with Crippen LogP contribution in [0.3, 0.4) is 0 Å². The maximum absolute atomic E-state index is 13.2. The quantitative estimate of drug-likeness (QED) is 0.601. The smallest absolute Gasteiger partial charge is 0.243 e. The van der Waals surface area contributed by atoms with Crippen molar-refractivity contribution in [2.75, 3.05) is 44.9 Å². The van der Waals surface area contributed by atoms with Gasteiger partial charge in [0.1, 0.15) is 11.4 Å². The molecule has 11 heteroatoms. The number of hydrogen-bond acceptors (Lipinski definition) is 7. The topological polar surface area (TPSA) is 91.0 Å². The number of morpholine rings is 1. The molecule has 0 aliphatic carbocycles. The summed E-state index contributed by atoms with van der Waals surface area (Å²) in [6.45, 7) is 4.24. The molecule has 1 radical (unpaired) electrons. The van der Waals surface area contributed by atoms with E-state index in [2.05, 4.69) is 16.9 Å². The Bertz CT molecular complexity index is 1080. The third kappa shape index (κ3) is 4.02. The van der Waals surface area contributed by atoms with E-state index in [0.717, 1.165) is 12.1 Å². The lowest BCUT2D eigenvalue weighted by Crippen LogP contribution is -2.43. The molecule has 2 aliphatic rings. The summed E-state index contributed by atoms with van der Waals surface area (Å²) in [5, 5.41) is 9.17. The van der Waals surface area contributed by atoms with Crippen molar-refractivity contribution in [3.05, 3.63) is 35.7 Å². The van der Waals surface area contributed by atoms with E-state index in [1.54, 1.807) is 30.0 Å². The van der Waals surface area contributed by atoms with E-state index in [4.69, 9.17) is 27.0 Å². The van der Waals surface area contributed by atoms with Crippen molar-refractivity contribution in [2.24, 2.45) is 7.05 Å². The summed E-state index contributed by atoms with van der Waals surface area (Å²) in [6, 6.07) is 4.92. The van der Waals surface area contributed by atoms with Crippen molar-refractivity contribution < 1.29 is 17.9 Å². The van der Waals surface area contributed by atoms with Crippen molar-refractivity contribution in [1.29, 1.82) is 0 Å². The Morgan fingerprint density at radius 1 is 1.29 bits per heavy atom. The molecule has 0 saturated carbocycles. The standard InChI is InChI=1S/C20H26N5O4S2/c1-4-7-25-16-13-23(2)22-18(16)20(30)21-19(25)15-12-14(5-6-17(15)28-3)31(26,27)24-8-10-29-11-9-24/h5-6,12-13,19H,4,7-11H2,1-3H3. The Morgan fingerprint density at radius 3 is 2.71 bits per heavy atom. The number of ether oxygens (including phenoxy) is 2. The molecule has 1 fully saturated rings. The zero-order valence-corrected chi connectivity index (χ0v) is 19.4. The number of sulfonamides is 1. The molecule has 167 valence electrons. The van der Waals surface area contributed by atoms with Crippen LogP contribution in [0.5, 0.6) is 5.75 Å². The van der Waals surface area contributed by atoms with Crippen LogP contribution < -0.4 is 15.0 Å². The Hall–Kier alpha value is -2.21. The van der Waals surface area contributed by atoms with Crippen LogP contribution in [-0.2, 0) is 21.8 Å². The van der Waals surface area contributed by atoms with Gasteiger partial charge in [-0.1, -0.05) is 19.1 Å². The Balaban J connectivity index is 1.79. The third-order valence-electron chi connectivity index (χ3n) is 5.41. The number of benzene rings is 1. The van der Waals surface area contributed by atoms with E-state index < -0.39 is 16.2 Å². The minimum absolute atomic E-state index is 0.208. The van der Waals surface area contributed by atoms with Crippen LogP contribution in [-0.4, -0.2) is 67.4 Å². The molecule has 3 heterocycles. The first-order chi connectivity index (χ1) is 14.9. The molecule has 2 aromatic rings. The van der Waals surface area contributed by atoms with Crippen LogP contribution in [0.4, 0.5) is 5.69 Å². The highest BCUT2D eigenvalue weighted by molar-refractivity contribution is 7.89. The van der Waals surface area contributed by atoms with E-state index in [1.165, 1.54) is 4.31 Å². The first-order valence-electron chi connectivity index (χ1n) is 10.2. The van der Waals surface area contributed by atoms with Crippen molar-refractivity contribution >= 4 is 32.9 Å². The minimum atomic E-state index is -3.66. The number of rotatable bonds is 6. The van der Waals surface area contributed by atoms with E-state index in [-0.39, 0.29) is 4.90 Å².